The van der Waals surface area contributed by atoms with Crippen molar-refractivity contribution >= 4 is 5.91 Å². The molecule has 1 aliphatic heterocycles. The molecule has 0 radical (unpaired) electrons. The van der Waals surface area contributed by atoms with E-state index in [1.807, 2.05) is 42.5 Å². The minimum atomic E-state index is -0.324. The van der Waals surface area contributed by atoms with E-state index in [4.69, 9.17) is 14.5 Å². The third kappa shape index (κ3) is 4.80. The molecule has 4 rings (SSSR count). The van der Waals surface area contributed by atoms with Crippen molar-refractivity contribution in [3.63, 3.8) is 0 Å². The lowest BCUT2D eigenvalue weighted by Crippen LogP contribution is -2.43. The van der Waals surface area contributed by atoms with Gasteiger partial charge in [0.05, 0.1) is 26.0 Å². The fourth-order valence-corrected chi connectivity index (χ4v) is 3.56. The first-order chi connectivity index (χ1) is 15.0. The molecule has 31 heavy (non-hydrogen) atoms. The highest BCUT2D eigenvalue weighted by atomic mass is 16.5. The van der Waals surface area contributed by atoms with Crippen molar-refractivity contribution in [1.29, 1.82) is 0 Å². The lowest BCUT2D eigenvalue weighted by atomic mass is 10.1. The predicted molar refractivity (Wildman–Crippen MR) is 114 cm³/mol. The van der Waals surface area contributed by atoms with Crippen molar-refractivity contribution in [2.24, 2.45) is 7.05 Å². The minimum Gasteiger partial charge on any atom is -0.497 e. The SMILES string of the molecule is COc1cccc(Cc2cccc([C@H]3CN(C(=O)c4ccc(=O)n(C)n4)CCO3)n2)c1. The normalized spacial score (nSPS) is 16.2. The molecular weight excluding hydrogens is 396 g/mol. The molecule has 3 heterocycles. The average molecular weight is 420 g/mol. The van der Waals surface area contributed by atoms with Crippen LogP contribution in [-0.2, 0) is 18.2 Å². The van der Waals surface area contributed by atoms with Gasteiger partial charge in [-0.1, -0.05) is 18.2 Å². The molecule has 1 fully saturated rings. The second-order valence-corrected chi connectivity index (χ2v) is 7.37. The maximum atomic E-state index is 12.9. The Bertz CT molecular complexity index is 1140. The lowest BCUT2D eigenvalue weighted by Gasteiger charge is -2.32. The van der Waals surface area contributed by atoms with Crippen LogP contribution in [-0.4, -0.2) is 52.4 Å². The lowest BCUT2D eigenvalue weighted by molar-refractivity contribution is -0.0250. The van der Waals surface area contributed by atoms with Gasteiger partial charge in [-0.05, 0) is 35.9 Å². The Morgan fingerprint density at radius 2 is 2.03 bits per heavy atom. The van der Waals surface area contributed by atoms with E-state index in [1.165, 1.54) is 19.2 Å². The Morgan fingerprint density at radius 3 is 2.84 bits per heavy atom. The molecule has 8 heteroatoms. The minimum absolute atomic E-state index is 0.226. The molecule has 8 nitrogen and oxygen atoms in total. The number of methoxy groups -OCH3 is 1. The van der Waals surface area contributed by atoms with E-state index in [1.54, 1.807) is 12.0 Å². The summed E-state index contributed by atoms with van der Waals surface area (Å²) in [4.78, 5) is 30.9. The summed E-state index contributed by atoms with van der Waals surface area (Å²) < 4.78 is 12.4. The molecule has 0 saturated carbocycles. The van der Waals surface area contributed by atoms with E-state index in [2.05, 4.69) is 5.10 Å². The molecule has 3 aromatic rings. The van der Waals surface area contributed by atoms with E-state index in [0.717, 1.165) is 27.4 Å². The van der Waals surface area contributed by atoms with Gasteiger partial charge in [-0.25, -0.2) is 4.68 Å². The van der Waals surface area contributed by atoms with Crippen LogP contribution in [0.4, 0.5) is 0 Å². The van der Waals surface area contributed by atoms with Crippen LogP contribution in [0.15, 0.2) is 59.4 Å². The van der Waals surface area contributed by atoms with Gasteiger partial charge in [0, 0.05) is 31.8 Å². The Balaban J connectivity index is 1.49. The van der Waals surface area contributed by atoms with Crippen molar-refractivity contribution < 1.29 is 14.3 Å². The van der Waals surface area contributed by atoms with E-state index >= 15 is 0 Å². The van der Waals surface area contributed by atoms with Crippen LogP contribution in [0.2, 0.25) is 0 Å². The molecule has 0 spiro atoms. The van der Waals surface area contributed by atoms with Crippen LogP contribution in [0.25, 0.3) is 0 Å². The standard InChI is InChI=1S/C23H24N4O4/c1-26-22(28)10-9-20(25-26)23(29)27-11-12-31-21(15-27)19-8-4-6-17(24-19)13-16-5-3-7-18(14-16)30-2/h3-10,14,21H,11-13,15H2,1-2H3/t21-/m1/s1. The highest BCUT2D eigenvalue weighted by molar-refractivity contribution is 5.92. The molecular formula is C23H24N4O4. The predicted octanol–water partition coefficient (Wildman–Crippen LogP) is 1.99. The Labute approximate surface area is 180 Å². The van der Waals surface area contributed by atoms with Gasteiger partial charge in [-0.3, -0.25) is 14.6 Å². The fraction of sp³-hybridized carbons (Fsp3) is 0.304. The third-order valence-electron chi connectivity index (χ3n) is 5.21. The third-order valence-corrected chi connectivity index (χ3v) is 5.21. The fourth-order valence-electron chi connectivity index (χ4n) is 3.56. The number of morpholine rings is 1. The topological polar surface area (TPSA) is 86.6 Å². The number of nitrogens with zero attached hydrogens (tertiary/aromatic N) is 4. The monoisotopic (exact) mass is 420 g/mol. The van der Waals surface area contributed by atoms with Gasteiger partial charge in [-0.2, -0.15) is 5.10 Å². The van der Waals surface area contributed by atoms with Crippen LogP contribution >= 0.6 is 0 Å². The van der Waals surface area contributed by atoms with Gasteiger partial charge in [0.2, 0.25) is 0 Å². The number of pyridine rings is 1. The number of amides is 1. The van der Waals surface area contributed by atoms with Gasteiger partial charge >= 0.3 is 0 Å². The molecule has 0 bridgehead atoms. The first kappa shape index (κ1) is 20.7. The van der Waals surface area contributed by atoms with E-state index in [-0.39, 0.29) is 23.3 Å². The van der Waals surface area contributed by atoms with Crippen LogP contribution in [0.3, 0.4) is 0 Å². The number of hydrogen-bond donors (Lipinski definition) is 0. The zero-order valence-corrected chi connectivity index (χ0v) is 17.5. The number of benzene rings is 1. The number of carbonyl (C=O) groups is 1. The number of aryl methyl sites for hydroxylation is 1. The van der Waals surface area contributed by atoms with Crippen molar-refractivity contribution in [3.05, 3.63) is 87.6 Å². The Morgan fingerprint density at radius 1 is 1.19 bits per heavy atom. The molecule has 0 unspecified atom stereocenters. The second-order valence-electron chi connectivity index (χ2n) is 7.37. The van der Waals surface area contributed by atoms with Crippen LogP contribution in [0.1, 0.15) is 33.5 Å². The number of carbonyl (C=O) groups excluding carboxylic acids is 1. The van der Waals surface area contributed by atoms with Crippen molar-refractivity contribution in [2.45, 2.75) is 12.5 Å². The summed E-state index contributed by atoms with van der Waals surface area (Å²) in [6.45, 7) is 1.24. The second kappa shape index (κ2) is 9.09. The van der Waals surface area contributed by atoms with Crippen molar-refractivity contribution in [2.75, 3.05) is 26.8 Å². The quantitative estimate of drug-likeness (QED) is 0.628. The molecule has 1 aliphatic rings. The first-order valence-electron chi connectivity index (χ1n) is 10.1. The molecule has 1 atom stereocenters. The number of rotatable bonds is 5. The molecule has 1 saturated heterocycles. The van der Waals surface area contributed by atoms with E-state index < -0.39 is 0 Å². The summed E-state index contributed by atoms with van der Waals surface area (Å²) in [5.74, 6) is 0.585. The zero-order chi connectivity index (χ0) is 21.8. The average Bonchev–Trinajstić information content (AvgIpc) is 2.81. The molecule has 2 aromatic heterocycles. The summed E-state index contributed by atoms with van der Waals surface area (Å²) in [6, 6.07) is 16.6. The van der Waals surface area contributed by atoms with E-state index in [0.29, 0.717) is 26.1 Å². The Hall–Kier alpha value is -3.52. The maximum absolute atomic E-state index is 12.9. The van der Waals surface area contributed by atoms with Crippen molar-refractivity contribution in [3.8, 4) is 5.75 Å². The van der Waals surface area contributed by atoms with Crippen LogP contribution < -0.4 is 10.3 Å². The summed E-state index contributed by atoms with van der Waals surface area (Å²) in [5, 5.41) is 4.07. The maximum Gasteiger partial charge on any atom is 0.274 e. The summed E-state index contributed by atoms with van der Waals surface area (Å²) in [6.07, 6.45) is 0.345. The van der Waals surface area contributed by atoms with Crippen molar-refractivity contribution in [1.82, 2.24) is 19.7 Å². The van der Waals surface area contributed by atoms with Gasteiger partial charge < -0.3 is 14.4 Å². The smallest absolute Gasteiger partial charge is 0.274 e. The van der Waals surface area contributed by atoms with Gasteiger partial charge in [0.25, 0.3) is 11.5 Å². The zero-order valence-electron chi connectivity index (χ0n) is 17.5. The summed E-state index contributed by atoms with van der Waals surface area (Å²) in [7, 11) is 3.18. The van der Waals surface area contributed by atoms with Gasteiger partial charge in [0.1, 0.15) is 17.5 Å². The highest BCUT2D eigenvalue weighted by Gasteiger charge is 2.28. The largest absolute Gasteiger partial charge is 0.497 e. The van der Waals surface area contributed by atoms with Gasteiger partial charge in [0.15, 0.2) is 0 Å². The number of aromatic nitrogens is 3. The summed E-state index contributed by atoms with van der Waals surface area (Å²) in [5.41, 5.74) is 2.78. The summed E-state index contributed by atoms with van der Waals surface area (Å²) >= 11 is 0. The number of ether oxygens (including phenoxy) is 2. The molecule has 160 valence electrons. The molecule has 0 aliphatic carbocycles. The van der Waals surface area contributed by atoms with E-state index in [9.17, 15) is 9.59 Å². The molecule has 0 N–H and O–H groups in total. The molecule has 1 amide bonds. The first-order valence-corrected chi connectivity index (χ1v) is 10.1. The highest BCUT2D eigenvalue weighted by Crippen LogP contribution is 2.23. The van der Waals surface area contributed by atoms with Crippen LogP contribution in [0, 0.1) is 0 Å². The Kier molecular flexibility index (Phi) is 6.08. The van der Waals surface area contributed by atoms with Crippen LogP contribution in [0.5, 0.6) is 5.75 Å². The van der Waals surface area contributed by atoms with Gasteiger partial charge in [-0.15, -0.1) is 0 Å². The number of hydrogen-bond acceptors (Lipinski definition) is 6. The molecule has 1 aromatic carbocycles.